The topological polar surface area (TPSA) is 114 Å². The molecule has 14 heteroatoms. The maximum Gasteiger partial charge on any atom is 0.248 e. The Morgan fingerprint density at radius 3 is 2.48 bits per heavy atom. The van der Waals surface area contributed by atoms with Gasteiger partial charge in [-0.2, -0.15) is 0 Å². The molecule has 0 bridgehead atoms. The largest absolute Gasteiger partial charge is 0.395 e. The summed E-state index contributed by atoms with van der Waals surface area (Å²) >= 11 is 0. The molecule has 2 aliphatic rings. The number of aromatic nitrogens is 4. The first-order valence-electron chi connectivity index (χ1n) is 13.6. The van der Waals surface area contributed by atoms with Crippen molar-refractivity contribution in [2.45, 2.75) is 72.9 Å². The van der Waals surface area contributed by atoms with Gasteiger partial charge in [-0.15, -0.1) is 5.10 Å². The van der Waals surface area contributed by atoms with Gasteiger partial charge in [-0.3, -0.25) is 4.98 Å². The fraction of sp³-hybridized carbons (Fsp3) is 0.536. The predicted octanol–water partition coefficient (Wildman–Crippen LogP) is 4.04. The highest BCUT2D eigenvalue weighted by Gasteiger charge is 2.54. The molecular formula is C28H33F5N4O4S. The van der Waals surface area contributed by atoms with Crippen LogP contribution in [-0.2, 0) is 4.74 Å². The number of halogens is 5. The Morgan fingerprint density at radius 2 is 1.83 bits per heavy atom. The van der Waals surface area contributed by atoms with Gasteiger partial charge >= 0.3 is 0 Å². The molecule has 6 atom stereocenters. The van der Waals surface area contributed by atoms with Crippen LogP contribution in [0.2, 0.25) is 0 Å². The number of pyridine rings is 1. The third-order valence-electron chi connectivity index (χ3n) is 8.56. The molecule has 8 nitrogen and oxygen atoms in total. The quantitative estimate of drug-likeness (QED) is 0.180. The minimum absolute atomic E-state index is 0.110. The summed E-state index contributed by atoms with van der Waals surface area (Å²) in [5.74, 6) is -7.12. The van der Waals surface area contributed by atoms with Crippen molar-refractivity contribution in [1.82, 2.24) is 20.0 Å². The number of rotatable bonds is 7. The first kappa shape index (κ1) is 30.8. The van der Waals surface area contributed by atoms with E-state index in [0.717, 1.165) is 17.7 Å². The van der Waals surface area contributed by atoms with Gasteiger partial charge in [0, 0.05) is 42.7 Å². The van der Waals surface area contributed by atoms with Crippen molar-refractivity contribution in [3.63, 3.8) is 0 Å². The number of thiol groups is 1. The molecule has 1 aliphatic heterocycles. The smallest absolute Gasteiger partial charge is 0.248 e. The molecule has 1 aromatic carbocycles. The summed E-state index contributed by atoms with van der Waals surface area (Å²) in [6.45, 7) is 1.32. The van der Waals surface area contributed by atoms with Crippen molar-refractivity contribution in [2.24, 2.45) is 0 Å². The second-order valence-electron chi connectivity index (χ2n) is 11.1. The second kappa shape index (κ2) is 11.8. The van der Waals surface area contributed by atoms with Crippen molar-refractivity contribution >= 4 is 10.9 Å². The molecule has 5 rings (SSSR count). The molecule has 3 N–H and O–H groups in total. The number of ether oxygens (including phenoxy) is 1. The SMILES string of the molecule is CO[C@H]1C[SH]([C@H](c2ncccc2C)C2(O)CCC(F)(F)CC2)[C@H](CO)[C@H](O)[C@@H]1n1cc(-c2ccc(F)c(F)c2F)nn1. The third-order valence-corrected chi connectivity index (χ3v) is 12.0. The normalized spacial score (nSPS) is 28.9. The third kappa shape index (κ3) is 5.54. The number of hydrogen-bond acceptors (Lipinski definition) is 7. The van der Waals surface area contributed by atoms with E-state index in [1.54, 1.807) is 12.3 Å². The minimum Gasteiger partial charge on any atom is -0.395 e. The average molecular weight is 617 g/mol. The zero-order valence-corrected chi connectivity index (χ0v) is 23.9. The summed E-state index contributed by atoms with van der Waals surface area (Å²) in [6.07, 6.45) is -0.593. The van der Waals surface area contributed by atoms with Crippen LogP contribution in [0.4, 0.5) is 22.0 Å². The maximum absolute atomic E-state index is 14.5. The molecule has 2 fully saturated rings. The van der Waals surface area contributed by atoms with E-state index in [2.05, 4.69) is 15.3 Å². The standard InChI is InChI=1S/C28H33F5N4O4S/c1-15-4-3-11-34-23(15)26(27(40)7-9-28(32,33)10-8-27)42-14-19(41-2)24(25(39)20(42)13-38)37-12-18(35-36-37)16-5-6-17(29)22(31)21(16)30/h3-6,11-12,19-20,24-26,38-40,42H,7-10,13-14H2,1-2H3/t19-,20+,24+,25-,26+/m0/s1. The van der Waals surface area contributed by atoms with E-state index in [1.807, 2.05) is 13.0 Å². The Kier molecular flexibility index (Phi) is 8.65. The van der Waals surface area contributed by atoms with Crippen LogP contribution in [0.3, 0.4) is 0 Å². The van der Waals surface area contributed by atoms with Crippen LogP contribution in [-0.4, -0.2) is 83.7 Å². The summed E-state index contributed by atoms with van der Waals surface area (Å²) in [6, 6.07) is 4.40. The van der Waals surface area contributed by atoms with E-state index < -0.39 is 88.1 Å². The summed E-state index contributed by atoms with van der Waals surface area (Å²) < 4.78 is 77.2. The minimum atomic E-state index is -2.90. The maximum atomic E-state index is 14.5. The van der Waals surface area contributed by atoms with Crippen LogP contribution in [0.1, 0.15) is 48.2 Å². The van der Waals surface area contributed by atoms with E-state index in [-0.39, 0.29) is 29.9 Å². The molecule has 2 aromatic heterocycles. The lowest BCUT2D eigenvalue weighted by atomic mass is 9.79. The van der Waals surface area contributed by atoms with Gasteiger partial charge in [-0.05, 0) is 43.5 Å². The Balaban J connectivity index is 1.52. The highest BCUT2D eigenvalue weighted by atomic mass is 32.2. The van der Waals surface area contributed by atoms with Crippen molar-refractivity contribution in [3.8, 4) is 11.3 Å². The molecule has 1 saturated carbocycles. The van der Waals surface area contributed by atoms with E-state index in [0.29, 0.717) is 5.69 Å². The highest BCUT2D eigenvalue weighted by molar-refractivity contribution is 8.18. The molecule has 1 aliphatic carbocycles. The number of alkyl halides is 2. The molecule has 3 aromatic rings. The van der Waals surface area contributed by atoms with Gasteiger partial charge in [-0.25, -0.2) is 37.5 Å². The van der Waals surface area contributed by atoms with Crippen molar-refractivity contribution < 1.29 is 42.0 Å². The zero-order valence-electron chi connectivity index (χ0n) is 23.0. The Labute approximate surface area is 241 Å². The monoisotopic (exact) mass is 616 g/mol. The molecule has 0 radical (unpaired) electrons. The average Bonchev–Trinajstić information content (AvgIpc) is 3.44. The van der Waals surface area contributed by atoms with Gasteiger partial charge in [0.15, 0.2) is 17.5 Å². The zero-order chi connectivity index (χ0) is 30.4. The van der Waals surface area contributed by atoms with E-state index in [9.17, 15) is 37.3 Å². The number of benzene rings is 1. The van der Waals surface area contributed by atoms with E-state index >= 15 is 0 Å². The molecular weight excluding hydrogens is 583 g/mol. The van der Waals surface area contributed by atoms with Gasteiger partial charge in [0.25, 0.3) is 0 Å². The fourth-order valence-corrected chi connectivity index (χ4v) is 10.1. The van der Waals surface area contributed by atoms with Crippen LogP contribution in [0.5, 0.6) is 0 Å². The number of hydrogen-bond donors (Lipinski definition) is 4. The highest BCUT2D eigenvalue weighted by Crippen LogP contribution is 2.61. The Hall–Kier alpha value is -2.65. The van der Waals surface area contributed by atoms with Crippen LogP contribution in [0.15, 0.2) is 36.7 Å². The lowest BCUT2D eigenvalue weighted by Gasteiger charge is -2.53. The number of nitrogens with zero attached hydrogens (tertiary/aromatic N) is 4. The number of aliphatic hydroxyl groups is 3. The van der Waals surface area contributed by atoms with Gasteiger partial charge < -0.3 is 20.1 Å². The molecule has 1 unspecified atom stereocenters. The fourth-order valence-electron chi connectivity index (χ4n) is 6.24. The Bertz CT molecular complexity index is 1420. The molecule has 1 saturated heterocycles. The van der Waals surface area contributed by atoms with Crippen molar-refractivity contribution in [3.05, 3.63) is 65.4 Å². The molecule has 3 heterocycles. The van der Waals surface area contributed by atoms with Crippen LogP contribution < -0.4 is 0 Å². The summed E-state index contributed by atoms with van der Waals surface area (Å²) in [7, 11) is -0.123. The van der Waals surface area contributed by atoms with E-state index in [1.165, 1.54) is 18.0 Å². The number of methoxy groups -OCH3 is 1. The lowest BCUT2D eigenvalue weighted by Crippen LogP contribution is -2.54. The van der Waals surface area contributed by atoms with Gasteiger partial charge in [0.2, 0.25) is 5.92 Å². The van der Waals surface area contributed by atoms with E-state index in [4.69, 9.17) is 4.74 Å². The van der Waals surface area contributed by atoms with Crippen LogP contribution in [0.25, 0.3) is 11.3 Å². The Morgan fingerprint density at radius 1 is 1.12 bits per heavy atom. The second-order valence-corrected chi connectivity index (χ2v) is 13.6. The van der Waals surface area contributed by atoms with Crippen molar-refractivity contribution in [2.75, 3.05) is 19.5 Å². The molecule has 0 spiro atoms. The van der Waals surface area contributed by atoms with Gasteiger partial charge in [0.1, 0.15) is 11.7 Å². The summed E-state index contributed by atoms with van der Waals surface area (Å²) in [5.41, 5.74) is -0.738. The lowest BCUT2D eigenvalue weighted by molar-refractivity contribution is -0.105. The summed E-state index contributed by atoms with van der Waals surface area (Å²) in [4.78, 5) is 4.54. The molecule has 230 valence electrons. The first-order valence-corrected chi connectivity index (χ1v) is 15.2. The van der Waals surface area contributed by atoms with Gasteiger partial charge in [0.05, 0.1) is 41.6 Å². The summed E-state index contributed by atoms with van der Waals surface area (Å²) in [5, 5.41) is 40.6. The first-order chi connectivity index (χ1) is 19.9. The predicted molar refractivity (Wildman–Crippen MR) is 146 cm³/mol. The van der Waals surface area contributed by atoms with Crippen molar-refractivity contribution in [1.29, 1.82) is 0 Å². The molecule has 0 amide bonds. The number of aryl methyl sites for hydroxylation is 1. The van der Waals surface area contributed by atoms with Crippen LogP contribution in [0, 0.1) is 24.4 Å². The molecule has 42 heavy (non-hydrogen) atoms. The van der Waals surface area contributed by atoms with Gasteiger partial charge in [-0.1, -0.05) is 11.3 Å². The number of aliphatic hydroxyl groups excluding tert-OH is 2. The van der Waals surface area contributed by atoms with Crippen LogP contribution >= 0.6 is 10.9 Å².